The van der Waals surface area contributed by atoms with Crippen LogP contribution in [0.5, 0.6) is 0 Å². The summed E-state index contributed by atoms with van der Waals surface area (Å²) in [5.41, 5.74) is 5.49. The predicted octanol–water partition coefficient (Wildman–Crippen LogP) is 5.47. The number of nitrogens with one attached hydrogen (secondary N) is 1. The molecule has 0 spiro atoms. The number of fused-ring (bicyclic) bond motifs is 3. The van der Waals surface area contributed by atoms with E-state index in [4.69, 9.17) is 9.72 Å². The zero-order valence-electron chi connectivity index (χ0n) is 17.8. The minimum absolute atomic E-state index is 0.247. The molecule has 0 saturated carbocycles. The fraction of sp³-hybridized carbons (Fsp3) is 0.154. The molecule has 1 aromatic heterocycles. The molecule has 32 heavy (non-hydrogen) atoms. The molecule has 0 radical (unpaired) electrons. The number of hydrogen-bond donors (Lipinski definition) is 1. The average molecular weight is 427 g/mol. The van der Waals surface area contributed by atoms with Crippen LogP contribution >= 0.6 is 0 Å². The van der Waals surface area contributed by atoms with Gasteiger partial charge in [0.1, 0.15) is 5.82 Å². The minimum Gasteiger partial charge on any atom is -0.463 e. The van der Waals surface area contributed by atoms with Crippen molar-refractivity contribution in [3.63, 3.8) is 0 Å². The lowest BCUT2D eigenvalue weighted by Gasteiger charge is -2.31. The van der Waals surface area contributed by atoms with Gasteiger partial charge in [0.05, 0.1) is 35.0 Å². The molecule has 1 aliphatic heterocycles. The quantitative estimate of drug-likeness (QED) is 0.439. The van der Waals surface area contributed by atoms with E-state index in [1.165, 1.54) is 12.1 Å². The Hall–Kier alpha value is -3.93. The van der Waals surface area contributed by atoms with E-state index in [0.717, 1.165) is 22.2 Å². The molecule has 0 bridgehead atoms. The highest BCUT2D eigenvalue weighted by atomic mass is 19.1. The summed E-state index contributed by atoms with van der Waals surface area (Å²) in [4.78, 5) is 18.1. The number of carbonyl (C=O) groups is 1. The molecule has 1 atom stereocenters. The summed E-state index contributed by atoms with van der Waals surface area (Å²) in [6, 6.07) is 21.5. The lowest BCUT2D eigenvalue weighted by molar-refractivity contribution is -0.138. The molecular weight excluding hydrogens is 405 g/mol. The molecule has 160 valence electrons. The Balaban J connectivity index is 1.82. The number of rotatable bonds is 4. The van der Waals surface area contributed by atoms with Crippen LogP contribution in [0.1, 0.15) is 29.7 Å². The number of para-hydroxylation sites is 2. The van der Waals surface area contributed by atoms with Crippen LogP contribution in [0.25, 0.3) is 16.7 Å². The highest BCUT2D eigenvalue weighted by molar-refractivity contribution is 6.03. The van der Waals surface area contributed by atoms with Gasteiger partial charge in [0.15, 0.2) is 0 Å². The predicted molar refractivity (Wildman–Crippen MR) is 123 cm³/mol. The Morgan fingerprint density at radius 3 is 2.50 bits per heavy atom. The molecule has 0 fully saturated rings. The van der Waals surface area contributed by atoms with Gasteiger partial charge in [0.25, 0.3) is 0 Å². The Labute approximate surface area is 185 Å². The minimum atomic E-state index is -0.460. The molecule has 4 aromatic rings. The molecule has 0 aliphatic carbocycles. The molecule has 0 saturated heterocycles. The lowest BCUT2D eigenvalue weighted by atomic mass is 9.92. The molecule has 1 N–H and O–H groups in total. The van der Waals surface area contributed by atoms with Crippen LogP contribution < -0.4 is 5.32 Å². The van der Waals surface area contributed by atoms with Crippen molar-refractivity contribution >= 4 is 28.6 Å². The largest absolute Gasteiger partial charge is 0.463 e. The number of nitrogens with zero attached hydrogens (tertiary/aromatic N) is 2. The normalized spacial score (nSPS) is 15.4. The van der Waals surface area contributed by atoms with E-state index in [-0.39, 0.29) is 12.4 Å². The fourth-order valence-electron chi connectivity index (χ4n) is 4.17. The first-order valence-corrected chi connectivity index (χ1v) is 10.5. The molecule has 5 rings (SSSR count). The highest BCUT2D eigenvalue weighted by Crippen LogP contribution is 2.42. The van der Waals surface area contributed by atoms with E-state index >= 15 is 0 Å². The maximum atomic E-state index is 13.6. The maximum absolute atomic E-state index is 13.6. The second-order valence-electron chi connectivity index (χ2n) is 7.75. The summed E-state index contributed by atoms with van der Waals surface area (Å²) in [6.45, 7) is 4.05. The van der Waals surface area contributed by atoms with Crippen molar-refractivity contribution in [3.8, 4) is 0 Å². The van der Waals surface area contributed by atoms with Gasteiger partial charge in [-0.2, -0.15) is 0 Å². The van der Waals surface area contributed by atoms with Crippen molar-refractivity contribution in [1.82, 2.24) is 9.55 Å². The Bertz CT molecular complexity index is 1340. The van der Waals surface area contributed by atoms with Gasteiger partial charge < -0.3 is 10.1 Å². The fourth-order valence-corrected chi connectivity index (χ4v) is 4.17. The lowest BCUT2D eigenvalue weighted by Crippen LogP contribution is -2.29. The number of imidazole rings is 1. The Kier molecular flexibility index (Phi) is 4.98. The van der Waals surface area contributed by atoms with Gasteiger partial charge in [-0.3, -0.25) is 4.57 Å². The van der Waals surface area contributed by atoms with Crippen molar-refractivity contribution in [3.05, 3.63) is 101 Å². The second kappa shape index (κ2) is 7.96. The molecule has 0 amide bonds. The Morgan fingerprint density at radius 1 is 1.06 bits per heavy atom. The van der Waals surface area contributed by atoms with E-state index < -0.39 is 12.0 Å². The highest BCUT2D eigenvalue weighted by Gasteiger charge is 2.36. The first kappa shape index (κ1) is 20.0. The van der Waals surface area contributed by atoms with Crippen LogP contribution in [0.4, 0.5) is 10.3 Å². The van der Waals surface area contributed by atoms with Crippen molar-refractivity contribution in [2.45, 2.75) is 19.9 Å². The number of hydrogen-bond acceptors (Lipinski definition) is 4. The van der Waals surface area contributed by atoms with Crippen LogP contribution in [0.3, 0.4) is 0 Å². The average Bonchev–Trinajstić information content (AvgIpc) is 3.17. The van der Waals surface area contributed by atoms with E-state index in [1.54, 1.807) is 19.1 Å². The zero-order chi connectivity index (χ0) is 22.2. The number of aryl methyl sites for hydroxylation is 1. The van der Waals surface area contributed by atoms with Crippen molar-refractivity contribution in [2.24, 2.45) is 0 Å². The number of esters is 1. The van der Waals surface area contributed by atoms with Crippen molar-refractivity contribution in [1.29, 1.82) is 0 Å². The third-order valence-electron chi connectivity index (χ3n) is 5.65. The van der Waals surface area contributed by atoms with Crippen LogP contribution in [0.15, 0.2) is 78.4 Å². The molecule has 5 nitrogen and oxygen atoms in total. The number of halogens is 1. The van der Waals surface area contributed by atoms with E-state index in [1.807, 2.05) is 60.0 Å². The summed E-state index contributed by atoms with van der Waals surface area (Å²) < 4.78 is 21.2. The summed E-state index contributed by atoms with van der Waals surface area (Å²) in [7, 11) is 0. The smallest absolute Gasteiger partial charge is 0.338 e. The number of aromatic nitrogens is 2. The summed E-state index contributed by atoms with van der Waals surface area (Å²) in [5, 5.41) is 3.33. The molecule has 1 aliphatic rings. The van der Waals surface area contributed by atoms with Crippen LogP contribution in [0, 0.1) is 12.7 Å². The maximum Gasteiger partial charge on any atom is 0.338 e. The number of ether oxygens (including phenoxy) is 1. The molecule has 6 heteroatoms. The summed E-state index contributed by atoms with van der Waals surface area (Å²) in [6.07, 6.45) is 0. The zero-order valence-corrected chi connectivity index (χ0v) is 17.8. The van der Waals surface area contributed by atoms with Crippen LogP contribution in [-0.2, 0) is 9.53 Å². The van der Waals surface area contributed by atoms with Gasteiger partial charge in [-0.15, -0.1) is 0 Å². The topological polar surface area (TPSA) is 56.1 Å². The summed E-state index contributed by atoms with van der Waals surface area (Å²) >= 11 is 0. The SMILES string of the molecule is CCOC(=O)C1=C(c2ccc(F)cc2)Nc2nc3ccccc3n2[C@@H]1c1ccc(C)cc1. The first-order chi connectivity index (χ1) is 15.6. The van der Waals surface area contributed by atoms with Crippen LogP contribution in [-0.4, -0.2) is 22.1 Å². The van der Waals surface area contributed by atoms with Gasteiger partial charge in [0, 0.05) is 0 Å². The van der Waals surface area contributed by atoms with Gasteiger partial charge in [-0.05, 0) is 61.4 Å². The van der Waals surface area contributed by atoms with Crippen molar-refractivity contribution < 1.29 is 13.9 Å². The molecule has 2 heterocycles. The third kappa shape index (κ3) is 3.34. The molecular formula is C26H22FN3O2. The van der Waals surface area contributed by atoms with Gasteiger partial charge in [0.2, 0.25) is 5.95 Å². The van der Waals surface area contributed by atoms with E-state index in [9.17, 15) is 9.18 Å². The Morgan fingerprint density at radius 2 is 1.78 bits per heavy atom. The monoisotopic (exact) mass is 427 g/mol. The van der Waals surface area contributed by atoms with Gasteiger partial charge in [-0.25, -0.2) is 14.2 Å². The first-order valence-electron chi connectivity index (χ1n) is 10.5. The van der Waals surface area contributed by atoms with Crippen molar-refractivity contribution in [2.75, 3.05) is 11.9 Å². The summed E-state index contributed by atoms with van der Waals surface area (Å²) in [5.74, 6) is -0.150. The molecule has 0 unspecified atom stereocenters. The van der Waals surface area contributed by atoms with E-state index in [0.29, 0.717) is 22.8 Å². The van der Waals surface area contributed by atoms with Crippen LogP contribution in [0.2, 0.25) is 0 Å². The number of anilines is 1. The second-order valence-corrected chi connectivity index (χ2v) is 7.75. The van der Waals surface area contributed by atoms with Gasteiger partial charge >= 0.3 is 5.97 Å². The number of benzene rings is 3. The number of carbonyl (C=O) groups excluding carboxylic acids is 1. The van der Waals surface area contributed by atoms with E-state index in [2.05, 4.69) is 5.32 Å². The van der Waals surface area contributed by atoms with Gasteiger partial charge in [-0.1, -0.05) is 42.0 Å². The molecule has 3 aromatic carbocycles. The standard InChI is InChI=1S/C26H22FN3O2/c1-3-32-25(31)22-23(17-12-14-19(27)15-13-17)29-26-28-20-6-4-5-7-21(20)30(26)24(22)18-10-8-16(2)9-11-18/h4-15,24H,3H2,1-2H3,(H,28,29)/t24-/m1/s1. The third-order valence-corrected chi connectivity index (χ3v) is 5.65.